The van der Waals surface area contributed by atoms with Crippen molar-refractivity contribution >= 4 is 40.0 Å². The van der Waals surface area contributed by atoms with E-state index in [-0.39, 0.29) is 23.1 Å². The second-order valence-corrected chi connectivity index (χ2v) is 11.9. The molecule has 1 aliphatic rings. The van der Waals surface area contributed by atoms with Gasteiger partial charge in [-0.3, -0.25) is 9.59 Å². The molecule has 0 radical (unpaired) electrons. The lowest BCUT2D eigenvalue weighted by Gasteiger charge is -2.32. The first kappa shape index (κ1) is 24.5. The van der Waals surface area contributed by atoms with E-state index in [9.17, 15) is 9.59 Å². The molecule has 34 heavy (non-hydrogen) atoms. The Bertz CT molecular complexity index is 1150. The number of anilines is 1. The molecule has 180 valence electrons. The van der Waals surface area contributed by atoms with Crippen LogP contribution in [0.25, 0.3) is 0 Å². The molecule has 0 aliphatic carbocycles. The maximum absolute atomic E-state index is 12.9. The first-order chi connectivity index (χ1) is 16.2. The van der Waals surface area contributed by atoms with Crippen LogP contribution in [0.5, 0.6) is 0 Å². The standard InChI is InChI=1S/C25H30N4O3S2/c1-16-7-9-17(10-8-16)23(31)29-11-5-6-18(14-29)22(30)28-24-27-13-21(34-24)33-15-20-26-12-19(32-20)25(2,3)4/h7-10,12-13,18H,5-6,11,14-15H2,1-4H3,(H,27,28,30). The molecule has 1 saturated heterocycles. The van der Waals surface area contributed by atoms with Crippen LogP contribution in [0.4, 0.5) is 5.13 Å². The quantitative estimate of drug-likeness (QED) is 0.450. The molecular formula is C25H30N4O3S2. The smallest absolute Gasteiger partial charge is 0.253 e. The molecule has 7 nitrogen and oxygen atoms in total. The van der Waals surface area contributed by atoms with Crippen LogP contribution in [-0.4, -0.2) is 39.8 Å². The summed E-state index contributed by atoms with van der Waals surface area (Å²) in [6.45, 7) is 9.36. The van der Waals surface area contributed by atoms with Crippen LogP contribution in [-0.2, 0) is 16.0 Å². The topological polar surface area (TPSA) is 88.3 Å². The maximum atomic E-state index is 12.9. The third-order valence-electron chi connectivity index (χ3n) is 5.72. The number of nitrogens with zero attached hydrogens (tertiary/aromatic N) is 3. The highest BCUT2D eigenvalue weighted by Gasteiger charge is 2.29. The van der Waals surface area contributed by atoms with Gasteiger partial charge in [-0.2, -0.15) is 0 Å². The Labute approximate surface area is 208 Å². The number of nitrogens with one attached hydrogen (secondary N) is 1. The lowest BCUT2D eigenvalue weighted by molar-refractivity contribution is -0.121. The zero-order chi connectivity index (χ0) is 24.3. The van der Waals surface area contributed by atoms with Crippen molar-refractivity contribution in [2.75, 3.05) is 18.4 Å². The SMILES string of the molecule is Cc1ccc(C(=O)N2CCCC(C(=O)Nc3ncc(SCc4ncc(C(C)(C)C)o4)s3)C2)cc1. The molecule has 9 heteroatoms. The lowest BCUT2D eigenvalue weighted by atomic mass is 9.94. The lowest BCUT2D eigenvalue weighted by Crippen LogP contribution is -2.43. The van der Waals surface area contributed by atoms with Crippen molar-refractivity contribution in [3.05, 3.63) is 59.4 Å². The van der Waals surface area contributed by atoms with Crippen molar-refractivity contribution in [2.45, 2.75) is 55.9 Å². The highest BCUT2D eigenvalue weighted by Crippen LogP contribution is 2.32. The first-order valence-electron chi connectivity index (χ1n) is 11.4. The van der Waals surface area contributed by atoms with Crippen molar-refractivity contribution in [1.29, 1.82) is 0 Å². The number of likely N-dealkylation sites (tertiary alicyclic amines) is 1. The van der Waals surface area contributed by atoms with E-state index in [1.807, 2.05) is 31.2 Å². The van der Waals surface area contributed by atoms with Crippen LogP contribution in [0.15, 0.2) is 45.3 Å². The Morgan fingerprint density at radius 3 is 2.68 bits per heavy atom. The minimum absolute atomic E-state index is 0.0217. The number of thiazole rings is 1. The molecule has 2 aromatic heterocycles. The molecule has 0 bridgehead atoms. The number of hydrogen-bond donors (Lipinski definition) is 1. The normalized spacial score (nSPS) is 16.5. The van der Waals surface area contributed by atoms with Gasteiger partial charge in [0.15, 0.2) is 5.13 Å². The summed E-state index contributed by atoms with van der Waals surface area (Å²) in [6.07, 6.45) is 5.11. The van der Waals surface area contributed by atoms with Crippen molar-refractivity contribution in [3.63, 3.8) is 0 Å². The third-order valence-corrected chi connectivity index (χ3v) is 7.82. The van der Waals surface area contributed by atoms with Gasteiger partial charge < -0.3 is 14.6 Å². The fraction of sp³-hybridized carbons (Fsp3) is 0.440. The molecule has 3 heterocycles. The molecule has 0 spiro atoms. The van der Waals surface area contributed by atoms with Gasteiger partial charge in [0.1, 0.15) is 5.76 Å². The van der Waals surface area contributed by atoms with Gasteiger partial charge >= 0.3 is 0 Å². The minimum Gasteiger partial charge on any atom is -0.444 e. The van der Waals surface area contributed by atoms with Gasteiger partial charge in [-0.25, -0.2) is 9.97 Å². The fourth-order valence-electron chi connectivity index (χ4n) is 3.70. The molecule has 1 N–H and O–H groups in total. The van der Waals surface area contributed by atoms with Crippen LogP contribution in [0.2, 0.25) is 0 Å². The number of amides is 2. The Morgan fingerprint density at radius 2 is 1.97 bits per heavy atom. The summed E-state index contributed by atoms with van der Waals surface area (Å²) in [6, 6.07) is 7.56. The van der Waals surface area contributed by atoms with E-state index < -0.39 is 0 Å². The predicted octanol–water partition coefficient (Wildman–Crippen LogP) is 5.52. The van der Waals surface area contributed by atoms with E-state index in [2.05, 4.69) is 36.1 Å². The summed E-state index contributed by atoms with van der Waals surface area (Å²) in [5.41, 5.74) is 1.70. The molecule has 1 atom stereocenters. The summed E-state index contributed by atoms with van der Waals surface area (Å²) in [5, 5.41) is 3.51. The molecule has 4 rings (SSSR count). The van der Waals surface area contributed by atoms with Crippen LogP contribution in [0.3, 0.4) is 0 Å². The van der Waals surface area contributed by atoms with Gasteiger partial charge in [0.05, 0.1) is 28.3 Å². The number of benzene rings is 1. The van der Waals surface area contributed by atoms with Gasteiger partial charge in [-0.05, 0) is 31.9 Å². The van der Waals surface area contributed by atoms with Crippen LogP contribution in [0.1, 0.15) is 61.2 Å². The number of carbonyl (C=O) groups excluding carboxylic acids is 2. The average molecular weight is 499 g/mol. The second-order valence-electron chi connectivity index (χ2n) is 9.59. The molecule has 3 aromatic rings. The third kappa shape index (κ3) is 6.07. The molecule has 1 aliphatic heterocycles. The largest absolute Gasteiger partial charge is 0.444 e. The van der Waals surface area contributed by atoms with Gasteiger partial charge in [-0.1, -0.05) is 49.8 Å². The van der Waals surface area contributed by atoms with Crippen LogP contribution in [0, 0.1) is 12.8 Å². The molecule has 1 aromatic carbocycles. The van der Waals surface area contributed by atoms with E-state index in [0.29, 0.717) is 35.4 Å². The first-order valence-corrected chi connectivity index (χ1v) is 13.2. The van der Waals surface area contributed by atoms with Gasteiger partial charge in [0.2, 0.25) is 11.8 Å². The van der Waals surface area contributed by atoms with E-state index in [4.69, 9.17) is 4.42 Å². The van der Waals surface area contributed by atoms with E-state index >= 15 is 0 Å². The molecular weight excluding hydrogens is 468 g/mol. The Morgan fingerprint density at radius 1 is 1.21 bits per heavy atom. The summed E-state index contributed by atoms with van der Waals surface area (Å²) < 4.78 is 6.82. The van der Waals surface area contributed by atoms with E-state index in [0.717, 1.165) is 28.4 Å². The second kappa shape index (κ2) is 10.3. The summed E-state index contributed by atoms with van der Waals surface area (Å²) >= 11 is 3.01. The average Bonchev–Trinajstić information content (AvgIpc) is 3.47. The molecule has 0 saturated carbocycles. The predicted molar refractivity (Wildman–Crippen MR) is 135 cm³/mol. The summed E-state index contributed by atoms with van der Waals surface area (Å²) in [5.74, 6) is 1.79. The van der Waals surface area contributed by atoms with Crippen molar-refractivity contribution in [3.8, 4) is 0 Å². The molecule has 2 amide bonds. The monoisotopic (exact) mass is 498 g/mol. The van der Waals surface area contributed by atoms with E-state index in [1.54, 1.807) is 29.1 Å². The van der Waals surface area contributed by atoms with E-state index in [1.165, 1.54) is 11.3 Å². The number of hydrogen-bond acceptors (Lipinski definition) is 7. The number of oxazole rings is 1. The molecule has 1 fully saturated rings. The minimum atomic E-state index is -0.244. The maximum Gasteiger partial charge on any atom is 0.253 e. The highest BCUT2D eigenvalue weighted by molar-refractivity contribution is 8.00. The van der Waals surface area contributed by atoms with Gasteiger partial charge in [-0.15, -0.1) is 11.8 Å². The van der Waals surface area contributed by atoms with Crippen molar-refractivity contribution in [2.24, 2.45) is 5.92 Å². The Kier molecular flexibility index (Phi) is 7.42. The fourth-order valence-corrected chi connectivity index (χ4v) is 5.43. The zero-order valence-corrected chi connectivity index (χ0v) is 21.6. The number of aromatic nitrogens is 2. The summed E-state index contributed by atoms with van der Waals surface area (Å²) in [7, 11) is 0. The number of thioether (sulfide) groups is 1. The number of piperidine rings is 1. The molecule has 1 unspecified atom stereocenters. The van der Waals surface area contributed by atoms with Gasteiger partial charge in [0, 0.05) is 24.1 Å². The van der Waals surface area contributed by atoms with Crippen LogP contribution >= 0.6 is 23.1 Å². The Balaban J connectivity index is 1.30. The highest BCUT2D eigenvalue weighted by atomic mass is 32.2. The van der Waals surface area contributed by atoms with Crippen LogP contribution < -0.4 is 5.32 Å². The zero-order valence-electron chi connectivity index (χ0n) is 20.0. The summed E-state index contributed by atoms with van der Waals surface area (Å²) in [4.78, 5) is 36.2. The number of rotatable bonds is 6. The van der Waals surface area contributed by atoms with Gasteiger partial charge in [0.25, 0.3) is 5.91 Å². The number of aryl methyl sites for hydroxylation is 1. The Hall–Kier alpha value is -2.65. The number of carbonyl (C=O) groups is 2. The van der Waals surface area contributed by atoms with Crippen molar-refractivity contribution in [1.82, 2.24) is 14.9 Å². The van der Waals surface area contributed by atoms with Crippen molar-refractivity contribution < 1.29 is 14.0 Å².